The Hall–Kier alpha value is -1.86. The molecule has 120 valence electrons. The summed E-state index contributed by atoms with van der Waals surface area (Å²) in [4.78, 5) is 18.2. The van der Waals surface area contributed by atoms with E-state index in [4.69, 9.17) is 4.42 Å². The highest BCUT2D eigenvalue weighted by atomic mass is 32.1. The number of thiazole rings is 1. The minimum atomic E-state index is -0.176. The lowest BCUT2D eigenvalue weighted by Crippen LogP contribution is -2.41. The van der Waals surface area contributed by atoms with Gasteiger partial charge in [-0.3, -0.25) is 4.90 Å². The van der Waals surface area contributed by atoms with Crippen LogP contribution in [0, 0.1) is 6.92 Å². The summed E-state index contributed by atoms with van der Waals surface area (Å²) < 4.78 is 5.41. The van der Waals surface area contributed by atoms with Crippen molar-refractivity contribution in [2.45, 2.75) is 19.4 Å². The van der Waals surface area contributed by atoms with Crippen LogP contribution in [0.5, 0.6) is 0 Å². The zero-order valence-corrected chi connectivity index (χ0v) is 13.9. The first-order valence-corrected chi connectivity index (χ1v) is 8.06. The second-order valence-corrected chi connectivity index (χ2v) is 6.30. The maximum Gasteiger partial charge on any atom is 0.314 e. The highest BCUT2D eigenvalue weighted by Crippen LogP contribution is 2.17. The third-order valence-electron chi connectivity index (χ3n) is 3.28. The molecule has 0 saturated carbocycles. The third-order valence-corrected chi connectivity index (χ3v) is 4.11. The van der Waals surface area contributed by atoms with Gasteiger partial charge in [-0.05, 0) is 33.2 Å². The molecule has 0 aliphatic heterocycles. The van der Waals surface area contributed by atoms with E-state index >= 15 is 0 Å². The zero-order valence-electron chi connectivity index (χ0n) is 13.1. The normalized spacial score (nSPS) is 12.4. The minimum Gasteiger partial charge on any atom is -0.468 e. The van der Waals surface area contributed by atoms with Crippen LogP contribution in [0.15, 0.2) is 28.2 Å². The molecule has 2 heterocycles. The van der Waals surface area contributed by atoms with Crippen LogP contribution in [0.25, 0.3) is 0 Å². The van der Waals surface area contributed by atoms with Crippen molar-refractivity contribution in [1.82, 2.24) is 20.5 Å². The van der Waals surface area contributed by atoms with Crippen LogP contribution < -0.4 is 10.6 Å². The molecule has 0 unspecified atom stereocenters. The molecule has 2 rings (SSSR count). The lowest BCUT2D eigenvalue weighted by Gasteiger charge is -2.22. The Kier molecular flexibility index (Phi) is 5.97. The zero-order chi connectivity index (χ0) is 15.9. The van der Waals surface area contributed by atoms with Gasteiger partial charge in [0.05, 0.1) is 23.0 Å². The van der Waals surface area contributed by atoms with E-state index in [9.17, 15) is 4.79 Å². The van der Waals surface area contributed by atoms with E-state index < -0.39 is 0 Å². The standard InChI is InChI=1S/C15H22N4O2S/c1-11-18-12(10-22-11)6-7-16-15(20)17-9-13(19(2)3)14-5-4-8-21-14/h4-5,8,10,13H,6-7,9H2,1-3H3,(H2,16,17,20)/t13-/m0/s1. The lowest BCUT2D eigenvalue weighted by atomic mass is 10.2. The summed E-state index contributed by atoms with van der Waals surface area (Å²) in [6.45, 7) is 3.04. The topological polar surface area (TPSA) is 70.4 Å². The number of likely N-dealkylation sites (N-methyl/N-ethyl adjacent to an activating group) is 1. The molecule has 2 aromatic rings. The van der Waals surface area contributed by atoms with Gasteiger partial charge >= 0.3 is 6.03 Å². The molecule has 0 aromatic carbocycles. The number of nitrogens with one attached hydrogen (secondary N) is 2. The molecule has 0 bridgehead atoms. The van der Waals surface area contributed by atoms with E-state index in [0.29, 0.717) is 13.1 Å². The molecule has 0 radical (unpaired) electrons. The molecule has 0 spiro atoms. The van der Waals surface area contributed by atoms with Crippen LogP contribution in [-0.2, 0) is 6.42 Å². The van der Waals surface area contributed by atoms with Crippen LogP contribution in [0.1, 0.15) is 22.5 Å². The number of aromatic nitrogens is 1. The van der Waals surface area contributed by atoms with Crippen molar-refractivity contribution in [1.29, 1.82) is 0 Å². The number of urea groups is 1. The lowest BCUT2D eigenvalue weighted by molar-refractivity contribution is 0.225. The fourth-order valence-corrected chi connectivity index (χ4v) is 2.74. The van der Waals surface area contributed by atoms with Gasteiger partial charge in [-0.25, -0.2) is 9.78 Å². The molecule has 2 aromatic heterocycles. The van der Waals surface area contributed by atoms with Crippen molar-refractivity contribution >= 4 is 17.4 Å². The van der Waals surface area contributed by atoms with Crippen LogP contribution >= 0.6 is 11.3 Å². The van der Waals surface area contributed by atoms with Gasteiger partial charge in [0, 0.05) is 24.9 Å². The van der Waals surface area contributed by atoms with Gasteiger partial charge in [0.1, 0.15) is 5.76 Å². The van der Waals surface area contributed by atoms with Crippen LogP contribution in [0.4, 0.5) is 4.79 Å². The first-order valence-electron chi connectivity index (χ1n) is 7.19. The van der Waals surface area contributed by atoms with Crippen molar-refractivity contribution < 1.29 is 9.21 Å². The quantitative estimate of drug-likeness (QED) is 0.820. The maximum absolute atomic E-state index is 11.8. The Labute approximate surface area is 134 Å². The van der Waals surface area contributed by atoms with Crippen LogP contribution in [0.2, 0.25) is 0 Å². The number of carbonyl (C=O) groups excluding carboxylic acids is 1. The van der Waals surface area contributed by atoms with Crippen molar-refractivity contribution in [3.8, 4) is 0 Å². The molecule has 2 N–H and O–H groups in total. The van der Waals surface area contributed by atoms with Crippen molar-refractivity contribution in [2.24, 2.45) is 0 Å². The predicted octanol–water partition coefficient (Wildman–Crippen LogP) is 2.19. The SMILES string of the molecule is Cc1nc(CCNC(=O)NC[C@@H](c2ccco2)N(C)C)cs1. The van der Waals surface area contributed by atoms with Gasteiger partial charge in [-0.15, -0.1) is 11.3 Å². The van der Waals surface area contributed by atoms with Crippen molar-refractivity contribution in [3.63, 3.8) is 0 Å². The van der Waals surface area contributed by atoms with E-state index in [1.807, 2.05) is 43.4 Å². The number of carbonyl (C=O) groups is 1. The molecule has 0 aliphatic rings. The molecule has 2 amide bonds. The number of amides is 2. The second kappa shape index (κ2) is 7.95. The van der Waals surface area contributed by atoms with Gasteiger partial charge in [-0.1, -0.05) is 0 Å². The molecular weight excluding hydrogens is 300 g/mol. The van der Waals surface area contributed by atoms with E-state index in [1.165, 1.54) is 0 Å². The second-order valence-electron chi connectivity index (χ2n) is 5.24. The van der Waals surface area contributed by atoms with Crippen LogP contribution in [0.3, 0.4) is 0 Å². The van der Waals surface area contributed by atoms with Gasteiger partial charge in [0.15, 0.2) is 0 Å². The highest BCUT2D eigenvalue weighted by molar-refractivity contribution is 7.09. The van der Waals surface area contributed by atoms with Gasteiger partial charge in [0.25, 0.3) is 0 Å². The number of hydrogen-bond acceptors (Lipinski definition) is 5. The summed E-state index contributed by atoms with van der Waals surface area (Å²) in [6.07, 6.45) is 2.38. The van der Waals surface area contributed by atoms with E-state index in [0.717, 1.165) is 22.9 Å². The van der Waals surface area contributed by atoms with Crippen LogP contribution in [-0.4, -0.2) is 43.1 Å². The molecular formula is C15H22N4O2S. The Balaban J connectivity index is 1.72. The van der Waals surface area contributed by atoms with E-state index in [2.05, 4.69) is 15.6 Å². The molecule has 7 heteroatoms. The van der Waals surface area contributed by atoms with Gasteiger partial charge in [-0.2, -0.15) is 0 Å². The monoisotopic (exact) mass is 322 g/mol. The summed E-state index contributed by atoms with van der Waals surface area (Å²) in [6, 6.07) is 3.60. The largest absolute Gasteiger partial charge is 0.468 e. The molecule has 0 saturated heterocycles. The highest BCUT2D eigenvalue weighted by Gasteiger charge is 2.17. The molecule has 0 aliphatic carbocycles. The Morgan fingerprint density at radius 1 is 1.45 bits per heavy atom. The Bertz CT molecular complexity index is 580. The smallest absolute Gasteiger partial charge is 0.314 e. The summed E-state index contributed by atoms with van der Waals surface area (Å²) >= 11 is 1.62. The first-order chi connectivity index (χ1) is 10.6. The molecule has 1 atom stereocenters. The number of nitrogens with zero attached hydrogens (tertiary/aromatic N) is 2. The van der Waals surface area contributed by atoms with Gasteiger partial charge < -0.3 is 15.1 Å². The summed E-state index contributed by atoms with van der Waals surface area (Å²) in [5.74, 6) is 0.836. The fraction of sp³-hybridized carbons (Fsp3) is 0.467. The fourth-order valence-electron chi connectivity index (χ4n) is 2.10. The molecule has 0 fully saturated rings. The minimum absolute atomic E-state index is 0.0157. The summed E-state index contributed by atoms with van der Waals surface area (Å²) in [5, 5.41) is 8.79. The first kappa shape index (κ1) is 16.5. The van der Waals surface area contributed by atoms with Crippen molar-refractivity contribution in [3.05, 3.63) is 40.2 Å². The molecule has 22 heavy (non-hydrogen) atoms. The number of hydrogen-bond donors (Lipinski definition) is 2. The number of aryl methyl sites for hydroxylation is 1. The summed E-state index contributed by atoms with van der Waals surface area (Å²) in [5.41, 5.74) is 1.02. The Morgan fingerprint density at radius 2 is 2.27 bits per heavy atom. The average molecular weight is 322 g/mol. The van der Waals surface area contributed by atoms with Crippen molar-refractivity contribution in [2.75, 3.05) is 27.2 Å². The number of furan rings is 1. The third kappa shape index (κ3) is 4.85. The average Bonchev–Trinajstić information content (AvgIpc) is 3.11. The van der Waals surface area contributed by atoms with Gasteiger partial charge in [0.2, 0.25) is 0 Å². The van der Waals surface area contributed by atoms with E-state index in [-0.39, 0.29) is 12.1 Å². The predicted molar refractivity (Wildman–Crippen MR) is 87.1 cm³/mol. The summed E-state index contributed by atoms with van der Waals surface area (Å²) in [7, 11) is 3.91. The Morgan fingerprint density at radius 3 is 2.86 bits per heavy atom. The maximum atomic E-state index is 11.8. The van der Waals surface area contributed by atoms with E-state index in [1.54, 1.807) is 17.6 Å². The molecule has 6 nitrogen and oxygen atoms in total. The number of rotatable bonds is 7.